The highest BCUT2D eigenvalue weighted by Gasteiger charge is 2.27. The number of rotatable bonds is 2. The summed E-state index contributed by atoms with van der Waals surface area (Å²) in [7, 11) is 0. The molecule has 0 aliphatic carbocycles. The van der Waals surface area contributed by atoms with Gasteiger partial charge in [-0.15, -0.1) is 11.3 Å². The molecule has 0 amide bonds. The number of nitrogens with zero attached hydrogens (tertiary/aromatic N) is 4. The molecule has 0 unspecified atom stereocenters. The molecule has 0 aliphatic heterocycles. The number of thiophene rings is 1. The summed E-state index contributed by atoms with van der Waals surface area (Å²) in [5, 5.41) is 14.8. The molecule has 5 heteroatoms. The van der Waals surface area contributed by atoms with Crippen molar-refractivity contribution in [1.29, 1.82) is 0 Å². The maximum atomic E-state index is 5.69. The first-order valence-corrected chi connectivity index (χ1v) is 20.2. The summed E-state index contributed by atoms with van der Waals surface area (Å²) >= 11 is 1.90. The van der Waals surface area contributed by atoms with E-state index in [4.69, 9.17) is 9.97 Å². The normalized spacial score (nSPS) is 12.6. The van der Waals surface area contributed by atoms with Crippen LogP contribution >= 0.6 is 11.3 Å². The van der Waals surface area contributed by atoms with E-state index >= 15 is 0 Å². The van der Waals surface area contributed by atoms with Gasteiger partial charge in [-0.05, 0) is 46.5 Å². The minimum atomic E-state index is 0.826. The molecule has 0 saturated carbocycles. The molecule has 9 aromatic carbocycles. The molecule has 14 rings (SSSR count). The third kappa shape index (κ3) is 3.77. The topological polar surface area (TPSA) is 35.1 Å². The van der Waals surface area contributed by atoms with Crippen LogP contribution in [0.25, 0.3) is 130 Å². The number of fused-ring (bicyclic) bond motifs is 14. The Hall–Kier alpha value is -7.34. The zero-order valence-corrected chi connectivity index (χ0v) is 31.2. The summed E-state index contributed by atoms with van der Waals surface area (Å²) in [5.74, 6) is 0.826. The monoisotopic (exact) mass is 740 g/mol. The summed E-state index contributed by atoms with van der Waals surface area (Å²) in [6.45, 7) is 0. The Morgan fingerprint density at radius 2 is 1.12 bits per heavy atom. The molecule has 5 aromatic heterocycles. The van der Waals surface area contributed by atoms with Crippen molar-refractivity contribution in [2.45, 2.75) is 0 Å². The highest BCUT2D eigenvalue weighted by atomic mass is 32.1. The summed E-state index contributed by atoms with van der Waals surface area (Å²) in [5.41, 5.74) is 9.61. The van der Waals surface area contributed by atoms with E-state index in [-0.39, 0.29) is 0 Å². The second kappa shape index (κ2) is 10.7. The van der Waals surface area contributed by atoms with Crippen molar-refractivity contribution in [1.82, 2.24) is 18.9 Å². The van der Waals surface area contributed by atoms with Crippen LogP contribution in [0, 0.1) is 0 Å². The first-order chi connectivity index (χ1) is 28.3. The fraction of sp³-hybridized carbons (Fsp3) is 0. The van der Waals surface area contributed by atoms with Crippen LogP contribution in [0.5, 0.6) is 0 Å². The Labute approximate surface area is 328 Å². The van der Waals surface area contributed by atoms with E-state index in [1.165, 1.54) is 79.8 Å². The van der Waals surface area contributed by atoms with Crippen LogP contribution in [0.4, 0.5) is 0 Å². The zero-order chi connectivity index (χ0) is 36.9. The van der Waals surface area contributed by atoms with Crippen LogP contribution in [-0.2, 0) is 0 Å². The fourth-order valence-electron chi connectivity index (χ4n) is 10.1. The lowest BCUT2D eigenvalue weighted by Crippen LogP contribution is -2.04. The maximum Gasteiger partial charge on any atom is 0.165 e. The molecule has 0 radical (unpaired) electrons. The lowest BCUT2D eigenvalue weighted by molar-refractivity contribution is 1.08. The number of aromatic nitrogens is 4. The molecule has 0 N–H and O–H groups in total. The Balaban J connectivity index is 1.28. The van der Waals surface area contributed by atoms with E-state index in [1.807, 2.05) is 11.3 Å². The van der Waals surface area contributed by atoms with Crippen LogP contribution < -0.4 is 0 Å². The molecule has 0 fully saturated rings. The summed E-state index contributed by atoms with van der Waals surface area (Å²) in [6.07, 6.45) is 0. The SMILES string of the molecule is c1ccc(-c2nc3ccc4ccccc4c3nc2-n2c3cc4ccccc4c4c5cccc6c7ccc8c9ccccc9sc8c7n(c7cccc2c7c43)c65)cc1. The number of hydrogen-bond acceptors (Lipinski definition) is 3. The summed E-state index contributed by atoms with van der Waals surface area (Å²) in [6, 6.07) is 61.9. The van der Waals surface area contributed by atoms with Gasteiger partial charge < -0.3 is 4.40 Å². The fourth-order valence-corrected chi connectivity index (χ4v) is 11.3. The van der Waals surface area contributed by atoms with Gasteiger partial charge in [0.05, 0.1) is 43.3 Å². The Bertz CT molecular complexity index is 4040. The van der Waals surface area contributed by atoms with Crippen LogP contribution in [0.2, 0.25) is 0 Å². The lowest BCUT2D eigenvalue weighted by Gasteiger charge is -2.15. The first kappa shape index (κ1) is 29.9. The highest BCUT2D eigenvalue weighted by Crippen LogP contribution is 2.49. The minimum Gasteiger partial charge on any atom is -0.306 e. The van der Waals surface area contributed by atoms with Crippen LogP contribution in [-0.4, -0.2) is 18.9 Å². The molecule has 4 nitrogen and oxygen atoms in total. The third-order valence-electron chi connectivity index (χ3n) is 12.4. The van der Waals surface area contributed by atoms with Gasteiger partial charge in [-0.25, -0.2) is 9.97 Å². The van der Waals surface area contributed by atoms with Crippen LogP contribution in [0.3, 0.4) is 0 Å². The third-order valence-corrected chi connectivity index (χ3v) is 13.6. The molecule has 0 atom stereocenters. The smallest absolute Gasteiger partial charge is 0.165 e. The second-order valence-corrected chi connectivity index (χ2v) is 16.3. The van der Waals surface area contributed by atoms with Gasteiger partial charge in [0, 0.05) is 58.7 Å². The van der Waals surface area contributed by atoms with Gasteiger partial charge in [0.2, 0.25) is 0 Å². The van der Waals surface area contributed by atoms with Gasteiger partial charge in [-0.3, -0.25) is 4.57 Å². The van der Waals surface area contributed by atoms with Gasteiger partial charge in [-0.1, -0.05) is 140 Å². The number of benzene rings is 9. The molecule has 0 aliphatic rings. The van der Waals surface area contributed by atoms with Gasteiger partial charge in [0.1, 0.15) is 5.69 Å². The molecule has 0 spiro atoms. The molecule has 0 bridgehead atoms. The van der Waals surface area contributed by atoms with Crippen molar-refractivity contribution < 1.29 is 0 Å². The second-order valence-electron chi connectivity index (χ2n) is 15.3. The van der Waals surface area contributed by atoms with Crippen molar-refractivity contribution in [3.8, 4) is 17.1 Å². The number of hydrogen-bond donors (Lipinski definition) is 0. The predicted octanol–water partition coefficient (Wildman–Crippen LogP) is 14.2. The van der Waals surface area contributed by atoms with Crippen LogP contribution in [0.1, 0.15) is 0 Å². The maximum absolute atomic E-state index is 5.69. The summed E-state index contributed by atoms with van der Waals surface area (Å²) < 4.78 is 7.63. The Morgan fingerprint density at radius 1 is 0.421 bits per heavy atom. The van der Waals surface area contributed by atoms with Crippen molar-refractivity contribution in [2.24, 2.45) is 0 Å². The molecule has 14 aromatic rings. The highest BCUT2D eigenvalue weighted by molar-refractivity contribution is 7.26. The van der Waals surface area contributed by atoms with Crippen molar-refractivity contribution >= 4 is 124 Å². The van der Waals surface area contributed by atoms with E-state index < -0.39 is 0 Å². The molecular weight excluding hydrogens is 713 g/mol. The van der Waals surface area contributed by atoms with E-state index in [0.29, 0.717) is 0 Å². The quantitative estimate of drug-likeness (QED) is 0.165. The van der Waals surface area contributed by atoms with Gasteiger partial charge in [0.15, 0.2) is 5.82 Å². The first-order valence-electron chi connectivity index (χ1n) is 19.4. The Kier molecular flexibility index (Phi) is 5.62. The van der Waals surface area contributed by atoms with Gasteiger partial charge in [-0.2, -0.15) is 0 Å². The van der Waals surface area contributed by atoms with E-state index in [9.17, 15) is 0 Å². The molecular formula is C52H28N4S. The van der Waals surface area contributed by atoms with E-state index in [2.05, 4.69) is 179 Å². The average Bonchev–Trinajstić information content (AvgIpc) is 3.90. The van der Waals surface area contributed by atoms with E-state index in [0.717, 1.165) is 49.9 Å². The van der Waals surface area contributed by atoms with Crippen molar-refractivity contribution in [2.75, 3.05) is 0 Å². The largest absolute Gasteiger partial charge is 0.306 e. The van der Waals surface area contributed by atoms with Crippen LogP contribution in [0.15, 0.2) is 170 Å². The van der Waals surface area contributed by atoms with E-state index in [1.54, 1.807) is 0 Å². The molecule has 5 heterocycles. The van der Waals surface area contributed by atoms with Crippen molar-refractivity contribution in [3.63, 3.8) is 0 Å². The van der Waals surface area contributed by atoms with Crippen molar-refractivity contribution in [3.05, 3.63) is 170 Å². The average molecular weight is 741 g/mol. The molecule has 57 heavy (non-hydrogen) atoms. The minimum absolute atomic E-state index is 0.826. The Morgan fingerprint density at radius 3 is 2.04 bits per heavy atom. The standard InChI is InChI=1S/C52H28N4S/c1-2-13-30(14-3-1)47-52(54-48-33-17-7-4-12-29(33)24-27-39(48)53-47)55-40-21-11-22-41-45(40)46-42(55)28-31-15-5-6-16-32(31)44(46)38-20-10-19-35-36-25-26-37-34-18-8-9-23-43(34)57-51(37)50(36)56(41)49(35)38/h1-28H. The lowest BCUT2D eigenvalue weighted by atomic mass is 9.97. The zero-order valence-electron chi connectivity index (χ0n) is 30.4. The number of para-hydroxylation sites is 1. The molecule has 0 saturated heterocycles. The molecule has 262 valence electrons. The van der Waals surface area contributed by atoms with Gasteiger partial charge >= 0.3 is 0 Å². The van der Waals surface area contributed by atoms with Gasteiger partial charge in [0.25, 0.3) is 0 Å². The summed E-state index contributed by atoms with van der Waals surface area (Å²) in [4.78, 5) is 11.2. The predicted molar refractivity (Wildman–Crippen MR) is 242 cm³/mol.